The van der Waals surface area contributed by atoms with Gasteiger partial charge in [-0.05, 0) is 19.2 Å². The van der Waals surface area contributed by atoms with Gasteiger partial charge in [0.1, 0.15) is 5.76 Å². The lowest BCUT2D eigenvalue weighted by Crippen LogP contribution is -2.51. The minimum atomic E-state index is -0.573. The van der Waals surface area contributed by atoms with E-state index in [2.05, 4.69) is 10.2 Å². The Kier molecular flexibility index (Phi) is 3.99. The molecule has 0 aliphatic carbocycles. The van der Waals surface area contributed by atoms with Crippen molar-refractivity contribution in [1.82, 2.24) is 15.1 Å². The fraction of sp³-hybridized carbons (Fsp3) is 0.500. The number of likely N-dealkylation sites (N-methyl/N-ethyl adjacent to an activating group) is 1. The van der Waals surface area contributed by atoms with E-state index in [1.807, 2.05) is 7.05 Å². The number of amides is 2. The van der Waals surface area contributed by atoms with E-state index in [1.165, 1.54) is 6.26 Å². The van der Waals surface area contributed by atoms with E-state index in [0.29, 0.717) is 18.8 Å². The first-order valence-electron chi connectivity index (χ1n) is 5.95. The first-order valence-corrected chi connectivity index (χ1v) is 5.95. The van der Waals surface area contributed by atoms with Crippen LogP contribution >= 0.6 is 0 Å². The lowest BCUT2D eigenvalue weighted by molar-refractivity contribution is -0.147. The lowest BCUT2D eigenvalue weighted by Gasteiger charge is -2.31. The van der Waals surface area contributed by atoms with Gasteiger partial charge >= 0.3 is 11.8 Å². The predicted octanol–water partition coefficient (Wildman–Crippen LogP) is -0.330. The quantitative estimate of drug-likeness (QED) is 0.731. The molecular formula is C12H17N3O3. The fourth-order valence-electron chi connectivity index (χ4n) is 1.81. The van der Waals surface area contributed by atoms with E-state index in [4.69, 9.17) is 4.42 Å². The van der Waals surface area contributed by atoms with Crippen LogP contribution in [0, 0.1) is 0 Å². The van der Waals surface area contributed by atoms with Crippen LogP contribution < -0.4 is 5.32 Å². The highest BCUT2D eigenvalue weighted by molar-refractivity contribution is 6.34. The SMILES string of the molecule is CN1CCN(C(=O)C(=O)NCc2ccco2)CC1. The summed E-state index contributed by atoms with van der Waals surface area (Å²) < 4.78 is 5.08. The van der Waals surface area contributed by atoms with Gasteiger partial charge in [-0.2, -0.15) is 0 Å². The summed E-state index contributed by atoms with van der Waals surface area (Å²) >= 11 is 0. The van der Waals surface area contributed by atoms with Gasteiger partial charge < -0.3 is 19.5 Å². The highest BCUT2D eigenvalue weighted by atomic mass is 16.3. The van der Waals surface area contributed by atoms with E-state index in [9.17, 15) is 9.59 Å². The Morgan fingerprint density at radius 3 is 2.67 bits per heavy atom. The summed E-state index contributed by atoms with van der Waals surface area (Å²) in [6.45, 7) is 3.05. The van der Waals surface area contributed by atoms with Gasteiger partial charge in [0.2, 0.25) is 0 Å². The summed E-state index contributed by atoms with van der Waals surface area (Å²) in [5.74, 6) is -0.403. The second-order valence-electron chi connectivity index (χ2n) is 4.36. The van der Waals surface area contributed by atoms with Gasteiger partial charge in [-0.1, -0.05) is 0 Å². The summed E-state index contributed by atoms with van der Waals surface area (Å²) in [4.78, 5) is 27.2. The molecule has 98 valence electrons. The van der Waals surface area contributed by atoms with E-state index >= 15 is 0 Å². The third-order valence-corrected chi connectivity index (χ3v) is 2.99. The molecule has 0 atom stereocenters. The van der Waals surface area contributed by atoms with Gasteiger partial charge in [0, 0.05) is 26.2 Å². The highest BCUT2D eigenvalue weighted by Crippen LogP contribution is 2.01. The van der Waals surface area contributed by atoms with Crippen molar-refractivity contribution < 1.29 is 14.0 Å². The zero-order chi connectivity index (χ0) is 13.0. The molecule has 2 heterocycles. The average molecular weight is 251 g/mol. The van der Waals surface area contributed by atoms with Crippen molar-refractivity contribution in [1.29, 1.82) is 0 Å². The van der Waals surface area contributed by atoms with Crippen molar-refractivity contribution in [3.05, 3.63) is 24.2 Å². The van der Waals surface area contributed by atoms with Crippen molar-refractivity contribution in [2.75, 3.05) is 33.2 Å². The average Bonchev–Trinajstić information content (AvgIpc) is 2.89. The Hall–Kier alpha value is -1.82. The van der Waals surface area contributed by atoms with E-state index < -0.39 is 11.8 Å². The first kappa shape index (κ1) is 12.6. The Balaban J connectivity index is 1.79. The van der Waals surface area contributed by atoms with Crippen LogP contribution in [-0.4, -0.2) is 54.8 Å². The second kappa shape index (κ2) is 5.68. The summed E-state index contributed by atoms with van der Waals surface area (Å²) in [6, 6.07) is 3.49. The molecule has 0 saturated carbocycles. The predicted molar refractivity (Wildman–Crippen MR) is 64.6 cm³/mol. The molecule has 1 N–H and O–H groups in total. The molecule has 6 heteroatoms. The number of nitrogens with one attached hydrogen (secondary N) is 1. The van der Waals surface area contributed by atoms with Crippen LogP contribution in [0.25, 0.3) is 0 Å². The van der Waals surface area contributed by atoms with Gasteiger partial charge in [0.15, 0.2) is 0 Å². The maximum atomic E-state index is 11.8. The smallest absolute Gasteiger partial charge is 0.311 e. The normalized spacial score (nSPS) is 16.6. The van der Waals surface area contributed by atoms with Crippen LogP contribution in [-0.2, 0) is 16.1 Å². The number of hydrogen-bond donors (Lipinski definition) is 1. The summed E-state index contributed by atoms with van der Waals surface area (Å²) in [7, 11) is 2.00. The van der Waals surface area contributed by atoms with Crippen molar-refractivity contribution in [2.45, 2.75) is 6.54 Å². The van der Waals surface area contributed by atoms with Crippen LogP contribution in [0.5, 0.6) is 0 Å². The minimum Gasteiger partial charge on any atom is -0.467 e. The fourth-order valence-corrected chi connectivity index (χ4v) is 1.81. The van der Waals surface area contributed by atoms with Crippen LogP contribution in [0.4, 0.5) is 0 Å². The molecule has 1 saturated heterocycles. The van der Waals surface area contributed by atoms with E-state index in [-0.39, 0.29) is 6.54 Å². The molecule has 0 radical (unpaired) electrons. The highest BCUT2D eigenvalue weighted by Gasteiger charge is 2.24. The number of piperazine rings is 1. The summed E-state index contributed by atoms with van der Waals surface area (Å²) in [6.07, 6.45) is 1.53. The Bertz CT molecular complexity index is 408. The molecule has 2 amide bonds. The molecule has 0 unspecified atom stereocenters. The topological polar surface area (TPSA) is 65.8 Å². The number of nitrogens with zero attached hydrogens (tertiary/aromatic N) is 2. The number of carbonyl (C=O) groups is 2. The molecule has 1 aliphatic heterocycles. The third kappa shape index (κ3) is 3.10. The van der Waals surface area contributed by atoms with Crippen LogP contribution in [0.1, 0.15) is 5.76 Å². The second-order valence-corrected chi connectivity index (χ2v) is 4.36. The van der Waals surface area contributed by atoms with E-state index in [0.717, 1.165) is 13.1 Å². The van der Waals surface area contributed by atoms with Gasteiger partial charge in [-0.25, -0.2) is 0 Å². The molecule has 1 aliphatic rings. The largest absolute Gasteiger partial charge is 0.467 e. The molecule has 1 aromatic heterocycles. The molecule has 18 heavy (non-hydrogen) atoms. The van der Waals surface area contributed by atoms with Crippen LogP contribution in [0.15, 0.2) is 22.8 Å². The number of furan rings is 1. The molecular weight excluding hydrogens is 234 g/mol. The molecule has 0 spiro atoms. The standard InChI is InChI=1S/C12H17N3O3/c1-14-4-6-15(7-5-14)12(17)11(16)13-9-10-3-2-8-18-10/h2-3,8H,4-7,9H2,1H3,(H,13,16). The minimum absolute atomic E-state index is 0.241. The zero-order valence-corrected chi connectivity index (χ0v) is 10.4. The van der Waals surface area contributed by atoms with Crippen molar-refractivity contribution >= 4 is 11.8 Å². The lowest BCUT2D eigenvalue weighted by atomic mass is 10.3. The monoisotopic (exact) mass is 251 g/mol. The summed E-state index contributed by atoms with van der Waals surface area (Å²) in [5, 5.41) is 2.56. The van der Waals surface area contributed by atoms with Gasteiger partial charge in [-0.3, -0.25) is 9.59 Å². The molecule has 0 aromatic carbocycles. The van der Waals surface area contributed by atoms with Crippen molar-refractivity contribution in [3.8, 4) is 0 Å². The molecule has 1 fully saturated rings. The van der Waals surface area contributed by atoms with E-state index in [1.54, 1.807) is 17.0 Å². The molecule has 6 nitrogen and oxygen atoms in total. The Labute approximate surface area is 106 Å². The Morgan fingerprint density at radius 1 is 1.33 bits per heavy atom. The molecule has 1 aromatic rings. The van der Waals surface area contributed by atoms with Crippen molar-refractivity contribution in [3.63, 3.8) is 0 Å². The third-order valence-electron chi connectivity index (χ3n) is 2.99. The van der Waals surface area contributed by atoms with Crippen molar-refractivity contribution in [2.24, 2.45) is 0 Å². The maximum absolute atomic E-state index is 11.8. The number of hydrogen-bond acceptors (Lipinski definition) is 4. The van der Waals surface area contributed by atoms with Gasteiger partial charge in [-0.15, -0.1) is 0 Å². The molecule has 2 rings (SSSR count). The Morgan fingerprint density at radius 2 is 2.06 bits per heavy atom. The zero-order valence-electron chi connectivity index (χ0n) is 10.4. The molecule has 0 bridgehead atoms. The van der Waals surface area contributed by atoms with Crippen LogP contribution in [0.2, 0.25) is 0 Å². The number of rotatable bonds is 2. The van der Waals surface area contributed by atoms with Crippen LogP contribution in [0.3, 0.4) is 0 Å². The first-order chi connectivity index (χ1) is 8.66. The maximum Gasteiger partial charge on any atom is 0.311 e. The van der Waals surface area contributed by atoms with Gasteiger partial charge in [0.25, 0.3) is 0 Å². The number of carbonyl (C=O) groups excluding carboxylic acids is 2. The van der Waals surface area contributed by atoms with Gasteiger partial charge in [0.05, 0.1) is 12.8 Å². The summed E-state index contributed by atoms with van der Waals surface area (Å²) in [5.41, 5.74) is 0.